The molecular formula is C81H117N8O7S7-. The van der Waals surface area contributed by atoms with Crippen LogP contribution in [0.2, 0.25) is 0 Å². The van der Waals surface area contributed by atoms with Gasteiger partial charge >= 0.3 is 5.97 Å². The number of aryl methyl sites for hydroxylation is 2. The molecule has 3 aliphatic rings. The zero-order valence-electron chi connectivity index (χ0n) is 65.5. The third-order valence-electron chi connectivity index (χ3n) is 17.4. The summed E-state index contributed by atoms with van der Waals surface area (Å²) in [5, 5.41) is 14.7. The van der Waals surface area contributed by atoms with E-state index in [4.69, 9.17) is 47.1 Å². The van der Waals surface area contributed by atoms with Crippen LogP contribution in [0.5, 0.6) is 0 Å². The topological polar surface area (TPSA) is 208 Å². The molecule has 2 aliphatic carbocycles. The second kappa shape index (κ2) is 39.7. The SMILES string of the molecule is CC(C)(C)C(=S)Nc1ccc([N+](=O)C2COC(=O)C2N)cc1.CC(C)C.CC(C)C.CC(C)c1ccc2c(c1)CCC1C(C)(CNC(=S)C(C)(C)C)CCC[C@]21C.CN(C)c1ccc(NC(=S)C(C)(C)C)cc1.CN(C)c1cccc2c(S(=O)[O-])cccc12.Cc1nc(-c2ccc(S(=O)[O-])s2)cs1. The molecule has 3 heterocycles. The molecule has 0 radical (unpaired) electrons. The Bertz CT molecular complexity index is 3970. The summed E-state index contributed by atoms with van der Waals surface area (Å²) in [5.41, 5.74) is 16.3. The molecule has 10 rings (SSSR count). The fourth-order valence-corrected chi connectivity index (χ4v) is 14.6. The van der Waals surface area contributed by atoms with Crippen molar-refractivity contribution in [2.24, 2.45) is 45.1 Å². The van der Waals surface area contributed by atoms with E-state index in [0.29, 0.717) is 31.5 Å². The molecule has 0 bridgehead atoms. The van der Waals surface area contributed by atoms with Gasteiger partial charge in [-0.15, -0.1) is 22.7 Å². The van der Waals surface area contributed by atoms with E-state index < -0.39 is 40.2 Å². The minimum Gasteiger partial charge on any atom is -0.768 e. The number of carbonyl (C=O) groups excluding carboxylic acids is 1. The Kier molecular flexibility index (Phi) is 34.5. The number of benzene rings is 5. The molecule has 566 valence electrons. The highest BCUT2D eigenvalue weighted by Gasteiger charge is 2.52. The Hall–Kier alpha value is -5.79. The van der Waals surface area contributed by atoms with Crippen LogP contribution in [-0.4, -0.2) is 102 Å². The molecule has 2 fully saturated rings. The zero-order chi connectivity index (χ0) is 77.9. The number of carbonyl (C=O) groups is 1. The number of anilines is 4. The lowest BCUT2D eigenvalue weighted by Gasteiger charge is -2.56. The van der Waals surface area contributed by atoms with Crippen molar-refractivity contribution >= 4 is 142 Å². The van der Waals surface area contributed by atoms with E-state index >= 15 is 0 Å². The highest BCUT2D eigenvalue weighted by atomic mass is 32.2. The summed E-state index contributed by atoms with van der Waals surface area (Å²) in [6.07, 6.45) is 6.50. The number of rotatable bonds is 12. The van der Waals surface area contributed by atoms with Gasteiger partial charge in [0, 0.05) is 111 Å². The summed E-state index contributed by atoms with van der Waals surface area (Å²) >= 11 is 14.8. The number of nitrogens with one attached hydrogen (secondary N) is 3. The molecule has 15 nitrogen and oxygen atoms in total. The van der Waals surface area contributed by atoms with E-state index in [-0.39, 0.29) is 22.9 Å². The molecule has 22 heteroatoms. The third kappa shape index (κ3) is 27.2. The molecule has 103 heavy (non-hydrogen) atoms. The summed E-state index contributed by atoms with van der Waals surface area (Å²) in [6, 6.07) is 35.2. The number of fused-ring (bicyclic) bond motifs is 4. The van der Waals surface area contributed by atoms with Crippen molar-refractivity contribution in [3.05, 3.63) is 147 Å². The van der Waals surface area contributed by atoms with Gasteiger partial charge in [-0.2, -0.15) is 0 Å². The van der Waals surface area contributed by atoms with Crippen LogP contribution in [0.15, 0.2) is 130 Å². The molecule has 1 aliphatic heterocycles. The first-order valence-electron chi connectivity index (χ1n) is 35.4. The number of esters is 1. The lowest BCUT2D eigenvalue weighted by Crippen LogP contribution is -2.53. The van der Waals surface area contributed by atoms with Gasteiger partial charge in [0.15, 0.2) is 12.6 Å². The maximum Gasteiger partial charge on any atom is 0.330 e. The quantitative estimate of drug-likeness (QED) is 0.0388. The molecule has 1 saturated carbocycles. The molecular weight excluding hydrogens is 1420 g/mol. The lowest BCUT2D eigenvalue weighted by molar-refractivity contribution is -0.505. The normalized spacial score (nSPS) is 18.7. The number of nitrogens with zero attached hydrogens (tertiary/aromatic N) is 4. The van der Waals surface area contributed by atoms with Crippen LogP contribution in [0, 0.1) is 51.2 Å². The summed E-state index contributed by atoms with van der Waals surface area (Å²) < 4.78 is 49.3. The number of ether oxygens (including phenoxy) is 1. The zero-order valence-corrected chi connectivity index (χ0v) is 71.3. The number of cyclic esters (lactones) is 1. The smallest absolute Gasteiger partial charge is 0.330 e. The molecule has 1 saturated heterocycles. The number of hydrogen-bond donors (Lipinski definition) is 4. The molecule has 7 aromatic rings. The van der Waals surface area contributed by atoms with Crippen LogP contribution in [0.1, 0.15) is 185 Å². The Morgan fingerprint density at radius 3 is 1.71 bits per heavy atom. The van der Waals surface area contributed by atoms with Gasteiger partial charge in [0.1, 0.15) is 0 Å². The van der Waals surface area contributed by atoms with Crippen molar-refractivity contribution in [3.63, 3.8) is 0 Å². The Labute approximate surface area is 646 Å². The maximum absolute atomic E-state index is 12.3. The molecule has 2 aromatic heterocycles. The van der Waals surface area contributed by atoms with Gasteiger partial charge in [-0.25, -0.2) is 4.98 Å². The van der Waals surface area contributed by atoms with Crippen LogP contribution in [-0.2, 0) is 43.5 Å². The summed E-state index contributed by atoms with van der Waals surface area (Å²) in [5.74, 6) is 2.46. The standard InChI is InChI=1S/C25H39NS.C15H19N3O3S.C13H20N2S.C12H13NO2S.C8H7NO2S3.2C4H10/c1-17(2)18-9-11-20-19(15-18)10-12-21-24(6,13-8-14-25(20,21)7)16-26-22(27)23(3,4)5;1-15(2,3)14(22)17-9-4-6-10(7-5-9)18(20)11-8-21-13(19)12(11)16;1-13(2,3)12(16)14-10-6-8-11(9-7-10)15(4)5;1-13(2)11-7-3-6-10-9(11)5-4-8-12(10)16(14)15;1-5-9-6(4-12-5)7-2-3-8(13-7)14(10)11;2*1-4(2)3/h9,11,15,17,21H,8,10,12-14,16H2,1-7H3,(H,26,27);4-7,11-12H,8,16H2,1-3H3;6-9H,1-5H3,(H,14,16);3-8H,1-2H3,(H,14,15);2-4H,1H3,(H,10,11);2*4H,1-3H3/p-1/t21?,24?,25-;;;;;;/m1....../s1. The Balaban J connectivity index is 0.000000270. The van der Waals surface area contributed by atoms with Crippen LogP contribution < -0.4 is 31.5 Å². The first kappa shape index (κ1) is 89.6. The first-order valence-corrected chi connectivity index (χ1v) is 40.5. The number of thiazole rings is 1. The summed E-state index contributed by atoms with van der Waals surface area (Å²) in [6.45, 7) is 44.6. The first-order chi connectivity index (χ1) is 47.7. The number of aromatic nitrogens is 1. The monoisotopic (exact) mass is 1540 g/mol. The van der Waals surface area contributed by atoms with E-state index in [1.807, 2.05) is 103 Å². The van der Waals surface area contributed by atoms with Crippen molar-refractivity contribution in [2.75, 3.05) is 61.8 Å². The Morgan fingerprint density at radius 1 is 0.718 bits per heavy atom. The number of thiocarbonyl (C=S) groups is 3. The second-order valence-corrected chi connectivity index (χ2v) is 37.7. The van der Waals surface area contributed by atoms with Gasteiger partial charge in [-0.3, -0.25) is 13.2 Å². The molecule has 7 atom stereocenters. The predicted octanol–water partition coefficient (Wildman–Crippen LogP) is 20.3. The number of hydrogen-bond acceptors (Lipinski definition) is 16. The van der Waals surface area contributed by atoms with Crippen molar-refractivity contribution in [1.82, 2.24) is 10.3 Å². The third-order valence-corrected chi connectivity index (χ3v) is 23.1. The number of thiophene rings is 1. The minimum atomic E-state index is -2.19. The van der Waals surface area contributed by atoms with Crippen LogP contribution in [0.3, 0.4) is 0 Å². The largest absolute Gasteiger partial charge is 0.768 e. The second-order valence-electron chi connectivity index (χ2n) is 32.3. The number of nitroso groups, excluding NO2 is 1. The highest BCUT2D eigenvalue weighted by molar-refractivity contribution is 7.82. The van der Waals surface area contributed by atoms with Gasteiger partial charge in [0.2, 0.25) is 0 Å². The van der Waals surface area contributed by atoms with E-state index in [9.17, 15) is 27.2 Å². The van der Waals surface area contributed by atoms with Crippen molar-refractivity contribution in [2.45, 2.75) is 203 Å². The fourth-order valence-electron chi connectivity index (χ4n) is 11.7. The molecule has 0 spiro atoms. The van der Waals surface area contributed by atoms with Crippen molar-refractivity contribution in [3.8, 4) is 10.6 Å². The summed E-state index contributed by atoms with van der Waals surface area (Å²) in [4.78, 5) is 35.7. The van der Waals surface area contributed by atoms with E-state index in [2.05, 4.69) is 167 Å². The van der Waals surface area contributed by atoms with Crippen molar-refractivity contribution < 1.29 is 31.8 Å². The average Bonchev–Trinajstić information content (AvgIpc) is 1.34. The average molecular weight is 1540 g/mol. The van der Waals surface area contributed by atoms with E-state index in [1.165, 1.54) is 54.7 Å². The van der Waals surface area contributed by atoms with Crippen molar-refractivity contribution in [1.29, 1.82) is 0 Å². The molecule has 5 aromatic carbocycles. The van der Waals surface area contributed by atoms with E-state index in [1.54, 1.807) is 71.0 Å². The van der Waals surface area contributed by atoms with Gasteiger partial charge in [-0.05, 0) is 172 Å². The van der Waals surface area contributed by atoms with Crippen LogP contribution in [0.4, 0.5) is 28.4 Å². The van der Waals surface area contributed by atoms with E-state index in [0.717, 1.165) is 87.4 Å². The highest BCUT2D eigenvalue weighted by Crippen LogP contribution is 2.57. The van der Waals surface area contributed by atoms with Gasteiger partial charge < -0.3 is 45.3 Å². The van der Waals surface area contributed by atoms with Crippen LogP contribution in [0.25, 0.3) is 21.3 Å². The fraction of sp³-hybridized carbons (Fsp3) is 0.519. The minimum absolute atomic E-state index is 0.00948. The predicted molar refractivity (Wildman–Crippen MR) is 450 cm³/mol. The Morgan fingerprint density at radius 2 is 1.25 bits per heavy atom. The van der Waals surface area contributed by atoms with Crippen LogP contribution >= 0.6 is 59.3 Å². The lowest BCUT2D eigenvalue weighted by atomic mass is 9.49. The number of nitrogens with two attached hydrogens (primary N) is 1. The van der Waals surface area contributed by atoms with Gasteiger partial charge in [0.25, 0.3) is 11.7 Å². The molecule has 0 amide bonds. The van der Waals surface area contributed by atoms with Gasteiger partial charge in [-0.1, -0.05) is 217 Å². The molecule has 6 unspecified atom stereocenters. The maximum atomic E-state index is 12.3. The summed E-state index contributed by atoms with van der Waals surface area (Å²) in [7, 11) is 7.94. The van der Waals surface area contributed by atoms with Gasteiger partial charge in [0.05, 0.1) is 34.8 Å². The molecule has 5 N–H and O–H groups in total.